The highest BCUT2D eigenvalue weighted by atomic mass is 79.9. The van der Waals surface area contributed by atoms with Gasteiger partial charge in [0, 0.05) is 5.33 Å². The first-order chi connectivity index (χ1) is 8.88. The number of rotatable bonds is 4. The molecule has 0 N–H and O–H groups in total. The molecule has 0 saturated heterocycles. The Morgan fingerprint density at radius 1 is 0.722 bits per heavy atom. The van der Waals surface area contributed by atoms with Crippen LogP contribution in [0.4, 0.5) is 0 Å². The Bertz CT molecular complexity index is 521. The Hall–Kier alpha value is -1.60. The van der Waals surface area contributed by atoms with Crippen LogP contribution in [-0.4, -0.2) is 0 Å². The number of hydrogen-bond acceptors (Lipinski definition) is 0. The SMILES string of the molecule is BrCc1ccc(C=CC=Cc2ccccc2)cc1. The topological polar surface area (TPSA) is 0 Å². The van der Waals surface area contributed by atoms with E-state index in [9.17, 15) is 0 Å². The number of hydrogen-bond donors (Lipinski definition) is 0. The molecule has 1 heteroatoms. The molecule has 0 heterocycles. The van der Waals surface area contributed by atoms with Crippen molar-refractivity contribution in [2.75, 3.05) is 0 Å². The van der Waals surface area contributed by atoms with Crippen LogP contribution in [0.5, 0.6) is 0 Å². The third-order valence-electron chi connectivity index (χ3n) is 2.62. The molecule has 0 nitrogen and oxygen atoms in total. The summed E-state index contributed by atoms with van der Waals surface area (Å²) >= 11 is 3.44. The highest BCUT2D eigenvalue weighted by Crippen LogP contribution is 2.09. The highest BCUT2D eigenvalue weighted by Gasteiger charge is 1.88. The lowest BCUT2D eigenvalue weighted by atomic mass is 10.1. The molecule has 0 atom stereocenters. The number of alkyl halides is 1. The Morgan fingerprint density at radius 2 is 1.28 bits per heavy atom. The second-order valence-corrected chi connectivity index (χ2v) is 4.56. The van der Waals surface area contributed by atoms with Crippen LogP contribution in [0.2, 0.25) is 0 Å². The van der Waals surface area contributed by atoms with Crippen molar-refractivity contribution in [1.82, 2.24) is 0 Å². The van der Waals surface area contributed by atoms with Crippen LogP contribution in [0, 0.1) is 0 Å². The van der Waals surface area contributed by atoms with Crippen LogP contribution in [0.15, 0.2) is 66.7 Å². The van der Waals surface area contributed by atoms with E-state index in [2.05, 4.69) is 76.6 Å². The summed E-state index contributed by atoms with van der Waals surface area (Å²) in [5.74, 6) is 0. The molecule has 0 saturated carbocycles. The lowest BCUT2D eigenvalue weighted by Crippen LogP contribution is -1.76. The molecule has 0 aliphatic carbocycles. The summed E-state index contributed by atoms with van der Waals surface area (Å²) in [6, 6.07) is 18.8. The zero-order valence-electron chi connectivity index (χ0n) is 10.1. The molecule has 0 aliphatic rings. The molecule has 0 spiro atoms. The fourth-order valence-corrected chi connectivity index (χ4v) is 1.99. The Kier molecular flexibility index (Phi) is 4.98. The summed E-state index contributed by atoms with van der Waals surface area (Å²) in [5.41, 5.74) is 3.74. The summed E-state index contributed by atoms with van der Waals surface area (Å²) in [6.07, 6.45) is 8.34. The van der Waals surface area contributed by atoms with Gasteiger partial charge >= 0.3 is 0 Å². The third-order valence-corrected chi connectivity index (χ3v) is 3.27. The molecule has 18 heavy (non-hydrogen) atoms. The Labute approximate surface area is 117 Å². The molecule has 90 valence electrons. The minimum atomic E-state index is 0.908. The first-order valence-corrected chi connectivity index (χ1v) is 7.05. The van der Waals surface area contributed by atoms with Crippen molar-refractivity contribution < 1.29 is 0 Å². The molecular weight excluding hydrogens is 284 g/mol. The van der Waals surface area contributed by atoms with Gasteiger partial charge in [0.25, 0.3) is 0 Å². The van der Waals surface area contributed by atoms with Gasteiger partial charge in [0.05, 0.1) is 0 Å². The minimum Gasteiger partial charge on any atom is -0.0876 e. The van der Waals surface area contributed by atoms with Gasteiger partial charge in [0.1, 0.15) is 0 Å². The average Bonchev–Trinajstić information content (AvgIpc) is 2.45. The third kappa shape index (κ3) is 4.01. The maximum absolute atomic E-state index is 3.44. The maximum atomic E-state index is 3.44. The molecule has 0 aliphatic heterocycles. The van der Waals surface area contributed by atoms with E-state index in [0.29, 0.717) is 0 Å². The zero-order chi connectivity index (χ0) is 12.6. The summed E-state index contributed by atoms with van der Waals surface area (Å²) < 4.78 is 0. The summed E-state index contributed by atoms with van der Waals surface area (Å²) in [5, 5.41) is 0.908. The van der Waals surface area contributed by atoms with E-state index < -0.39 is 0 Å². The van der Waals surface area contributed by atoms with Gasteiger partial charge in [0.15, 0.2) is 0 Å². The molecule has 2 aromatic carbocycles. The lowest BCUT2D eigenvalue weighted by molar-refractivity contribution is 1.43. The molecule has 0 aromatic heterocycles. The van der Waals surface area contributed by atoms with Gasteiger partial charge in [-0.3, -0.25) is 0 Å². The van der Waals surface area contributed by atoms with Crippen molar-refractivity contribution in [1.29, 1.82) is 0 Å². The predicted molar refractivity (Wildman–Crippen MR) is 83.6 cm³/mol. The summed E-state index contributed by atoms with van der Waals surface area (Å²) in [4.78, 5) is 0. The van der Waals surface area contributed by atoms with Crippen molar-refractivity contribution in [3.05, 3.63) is 83.4 Å². The zero-order valence-corrected chi connectivity index (χ0v) is 11.7. The first kappa shape index (κ1) is 12.8. The van der Waals surface area contributed by atoms with Gasteiger partial charge in [0.2, 0.25) is 0 Å². The molecule has 0 amide bonds. The van der Waals surface area contributed by atoms with Crippen molar-refractivity contribution >= 4 is 28.1 Å². The quantitative estimate of drug-likeness (QED) is 0.530. The van der Waals surface area contributed by atoms with Crippen LogP contribution in [0.1, 0.15) is 16.7 Å². The van der Waals surface area contributed by atoms with Gasteiger partial charge < -0.3 is 0 Å². The van der Waals surface area contributed by atoms with Crippen molar-refractivity contribution in [3.63, 3.8) is 0 Å². The van der Waals surface area contributed by atoms with Crippen LogP contribution in [-0.2, 0) is 5.33 Å². The fraction of sp³-hybridized carbons (Fsp3) is 0.0588. The summed E-state index contributed by atoms with van der Waals surface area (Å²) in [7, 11) is 0. The van der Waals surface area contributed by atoms with Crippen LogP contribution in [0.25, 0.3) is 12.2 Å². The van der Waals surface area contributed by atoms with E-state index in [-0.39, 0.29) is 0 Å². The van der Waals surface area contributed by atoms with E-state index in [1.54, 1.807) is 0 Å². The van der Waals surface area contributed by atoms with E-state index in [0.717, 1.165) is 5.33 Å². The van der Waals surface area contributed by atoms with E-state index in [1.165, 1.54) is 16.7 Å². The van der Waals surface area contributed by atoms with Gasteiger partial charge in [-0.25, -0.2) is 0 Å². The second-order valence-electron chi connectivity index (χ2n) is 4.00. The van der Waals surface area contributed by atoms with Crippen molar-refractivity contribution in [3.8, 4) is 0 Å². The minimum absolute atomic E-state index is 0.908. The maximum Gasteiger partial charge on any atom is 0.0283 e. The highest BCUT2D eigenvalue weighted by molar-refractivity contribution is 9.08. The number of allylic oxidation sites excluding steroid dienone is 2. The lowest BCUT2D eigenvalue weighted by Gasteiger charge is -1.95. The Balaban J connectivity index is 1.96. The van der Waals surface area contributed by atoms with Gasteiger partial charge in [-0.15, -0.1) is 0 Å². The van der Waals surface area contributed by atoms with E-state index >= 15 is 0 Å². The van der Waals surface area contributed by atoms with Gasteiger partial charge in [-0.2, -0.15) is 0 Å². The van der Waals surface area contributed by atoms with E-state index in [1.807, 2.05) is 18.2 Å². The monoisotopic (exact) mass is 298 g/mol. The van der Waals surface area contributed by atoms with Crippen LogP contribution < -0.4 is 0 Å². The average molecular weight is 299 g/mol. The first-order valence-electron chi connectivity index (χ1n) is 5.93. The van der Waals surface area contributed by atoms with Gasteiger partial charge in [-0.05, 0) is 16.7 Å². The molecule has 0 fully saturated rings. The van der Waals surface area contributed by atoms with Crippen LogP contribution >= 0.6 is 15.9 Å². The van der Waals surface area contributed by atoms with Crippen molar-refractivity contribution in [2.45, 2.75) is 5.33 Å². The molecule has 0 bridgehead atoms. The molecule has 0 radical (unpaired) electrons. The largest absolute Gasteiger partial charge is 0.0876 e. The molecular formula is C17H15Br. The van der Waals surface area contributed by atoms with Crippen molar-refractivity contribution in [2.24, 2.45) is 0 Å². The normalized spacial score (nSPS) is 11.4. The van der Waals surface area contributed by atoms with Gasteiger partial charge in [-0.1, -0.05) is 94.8 Å². The van der Waals surface area contributed by atoms with E-state index in [4.69, 9.17) is 0 Å². The summed E-state index contributed by atoms with van der Waals surface area (Å²) in [6.45, 7) is 0. The standard InChI is InChI=1S/C17H15Br/c18-14-17-12-10-16(11-13-17)9-5-4-8-15-6-2-1-3-7-15/h1-13H,14H2. The smallest absolute Gasteiger partial charge is 0.0283 e. The fourth-order valence-electron chi connectivity index (χ4n) is 1.62. The Morgan fingerprint density at radius 3 is 1.83 bits per heavy atom. The molecule has 2 rings (SSSR count). The number of halogens is 1. The van der Waals surface area contributed by atoms with Crippen LogP contribution in [0.3, 0.4) is 0 Å². The molecule has 2 aromatic rings. The predicted octanol–water partition coefficient (Wildman–Crippen LogP) is 5.31. The number of benzene rings is 2. The molecule has 0 unspecified atom stereocenters. The second kappa shape index (κ2) is 6.97.